The van der Waals surface area contributed by atoms with Crippen LogP contribution in [-0.2, 0) is 22.7 Å². The monoisotopic (exact) mass is 406 g/mol. The van der Waals surface area contributed by atoms with Gasteiger partial charge in [-0.15, -0.1) is 11.3 Å². The molecule has 1 N–H and O–H groups in total. The Balaban J connectivity index is 1.36. The van der Waals surface area contributed by atoms with Crippen molar-refractivity contribution in [2.75, 3.05) is 46.4 Å². The number of hydrogen-bond donors (Lipinski definition) is 1. The van der Waals surface area contributed by atoms with Gasteiger partial charge in [-0.1, -0.05) is 6.42 Å². The quantitative estimate of drug-likeness (QED) is 0.775. The Morgan fingerprint density at radius 1 is 0.964 bits per heavy atom. The van der Waals surface area contributed by atoms with E-state index in [4.69, 9.17) is 0 Å². The van der Waals surface area contributed by atoms with Gasteiger partial charge in [0.25, 0.3) is 0 Å². The van der Waals surface area contributed by atoms with Crippen LogP contribution in [0.1, 0.15) is 29.0 Å². The summed E-state index contributed by atoms with van der Waals surface area (Å²) in [5.74, 6) is -0.200. The Bertz CT molecular complexity index is 718. The summed E-state index contributed by atoms with van der Waals surface area (Å²) in [6, 6.07) is 3.28. The van der Waals surface area contributed by atoms with E-state index >= 15 is 0 Å². The molecule has 2 amide bonds. The first kappa shape index (κ1) is 19.8. The highest BCUT2D eigenvalue weighted by Gasteiger charge is 2.46. The fraction of sp³-hybridized carbons (Fsp3) is 0.700. The molecule has 0 saturated carbocycles. The van der Waals surface area contributed by atoms with Crippen LogP contribution >= 0.6 is 11.3 Å². The molecule has 7 nitrogen and oxygen atoms in total. The number of hydrogen-bond acceptors (Lipinski definition) is 6. The van der Waals surface area contributed by atoms with Crippen LogP contribution in [-0.4, -0.2) is 95.0 Å². The zero-order valence-corrected chi connectivity index (χ0v) is 17.4. The van der Waals surface area contributed by atoms with Crippen molar-refractivity contribution in [2.45, 2.75) is 44.4 Å². The van der Waals surface area contributed by atoms with Crippen LogP contribution in [0, 0.1) is 0 Å². The first-order valence-corrected chi connectivity index (χ1v) is 11.1. The first-order chi connectivity index (χ1) is 13.6. The second-order valence-corrected chi connectivity index (χ2v) is 9.39. The molecule has 3 aliphatic heterocycles. The predicted octanol–water partition coefficient (Wildman–Crippen LogP) is 0.580. The lowest BCUT2D eigenvalue weighted by Crippen LogP contribution is -2.69. The molecule has 4 heterocycles. The third kappa shape index (κ3) is 3.96. The highest BCUT2D eigenvalue weighted by Crippen LogP contribution is 2.25. The van der Waals surface area contributed by atoms with E-state index in [9.17, 15) is 14.7 Å². The van der Waals surface area contributed by atoms with Crippen molar-refractivity contribution in [3.05, 3.63) is 21.9 Å². The van der Waals surface area contributed by atoms with Gasteiger partial charge in [-0.2, -0.15) is 0 Å². The Labute approximate surface area is 170 Å². The standard InChI is InChI=1S/C20H30N4O3S/c1-21-18(14-25)20(27)24-10-9-23(13-17(24)19(21)26)12-16-6-5-15(28-16)11-22-7-3-2-4-8-22/h5-6,17-18,25H,2-4,7-14H2,1H3/t17-,18+/m1/s1. The first-order valence-electron chi connectivity index (χ1n) is 10.3. The normalized spacial score (nSPS) is 27.4. The van der Waals surface area contributed by atoms with E-state index in [1.165, 1.54) is 47.0 Å². The minimum absolute atomic E-state index is 0.0692. The lowest BCUT2D eigenvalue weighted by Gasteiger charge is -2.47. The van der Waals surface area contributed by atoms with Crippen molar-refractivity contribution < 1.29 is 14.7 Å². The third-order valence-electron chi connectivity index (χ3n) is 6.23. The summed E-state index contributed by atoms with van der Waals surface area (Å²) >= 11 is 1.86. The second-order valence-electron chi connectivity index (χ2n) is 8.13. The summed E-state index contributed by atoms with van der Waals surface area (Å²) in [4.78, 5) is 35.9. The van der Waals surface area contributed by atoms with Crippen molar-refractivity contribution in [2.24, 2.45) is 0 Å². The molecule has 0 spiro atoms. The maximum Gasteiger partial charge on any atom is 0.248 e. The predicted molar refractivity (Wildman–Crippen MR) is 108 cm³/mol. The Morgan fingerprint density at radius 3 is 2.32 bits per heavy atom. The molecule has 154 valence electrons. The molecule has 3 aliphatic rings. The highest BCUT2D eigenvalue weighted by atomic mass is 32.1. The maximum absolute atomic E-state index is 12.7. The average molecular weight is 407 g/mol. The van der Waals surface area contributed by atoms with E-state index in [2.05, 4.69) is 21.9 Å². The van der Waals surface area contributed by atoms with Gasteiger partial charge in [-0.3, -0.25) is 19.4 Å². The van der Waals surface area contributed by atoms with Crippen LogP contribution in [0.3, 0.4) is 0 Å². The molecule has 3 saturated heterocycles. The number of rotatable bonds is 5. The van der Waals surface area contributed by atoms with Crippen LogP contribution in [0.25, 0.3) is 0 Å². The molecule has 8 heteroatoms. The molecule has 3 fully saturated rings. The number of nitrogens with zero attached hydrogens (tertiary/aromatic N) is 4. The average Bonchev–Trinajstić information content (AvgIpc) is 3.14. The number of aliphatic hydroxyl groups is 1. The minimum Gasteiger partial charge on any atom is -0.394 e. The number of carbonyl (C=O) groups excluding carboxylic acids is 2. The van der Waals surface area contributed by atoms with Crippen molar-refractivity contribution in [1.29, 1.82) is 0 Å². The maximum atomic E-state index is 12.7. The van der Waals surface area contributed by atoms with Crippen LogP contribution in [0.15, 0.2) is 12.1 Å². The van der Waals surface area contributed by atoms with Gasteiger partial charge < -0.3 is 14.9 Å². The summed E-state index contributed by atoms with van der Waals surface area (Å²) in [6.45, 7) is 5.83. The van der Waals surface area contributed by atoms with Crippen LogP contribution in [0.5, 0.6) is 0 Å². The summed E-state index contributed by atoms with van der Waals surface area (Å²) in [5.41, 5.74) is 0. The van der Waals surface area contributed by atoms with E-state index in [1.54, 1.807) is 11.9 Å². The van der Waals surface area contributed by atoms with E-state index in [-0.39, 0.29) is 18.4 Å². The smallest absolute Gasteiger partial charge is 0.248 e. The summed E-state index contributed by atoms with van der Waals surface area (Å²) in [5, 5.41) is 9.45. The number of aliphatic hydroxyl groups excluding tert-OH is 1. The summed E-state index contributed by atoms with van der Waals surface area (Å²) in [7, 11) is 1.61. The van der Waals surface area contributed by atoms with Gasteiger partial charge in [0.15, 0.2) is 0 Å². The fourth-order valence-corrected chi connectivity index (χ4v) is 5.66. The van der Waals surface area contributed by atoms with Gasteiger partial charge in [-0.25, -0.2) is 0 Å². The Morgan fingerprint density at radius 2 is 1.64 bits per heavy atom. The van der Waals surface area contributed by atoms with Crippen LogP contribution < -0.4 is 0 Å². The Hall–Kier alpha value is -1.48. The largest absolute Gasteiger partial charge is 0.394 e. The molecule has 2 atom stereocenters. The van der Waals surface area contributed by atoms with Gasteiger partial charge in [-0.05, 0) is 38.1 Å². The number of amides is 2. The van der Waals surface area contributed by atoms with E-state index in [0.29, 0.717) is 13.1 Å². The highest BCUT2D eigenvalue weighted by molar-refractivity contribution is 7.11. The topological polar surface area (TPSA) is 67.3 Å². The van der Waals surface area contributed by atoms with Crippen molar-refractivity contribution in [3.8, 4) is 0 Å². The van der Waals surface area contributed by atoms with Crippen molar-refractivity contribution in [1.82, 2.24) is 19.6 Å². The zero-order valence-electron chi connectivity index (χ0n) is 16.5. The molecule has 0 aliphatic carbocycles. The summed E-state index contributed by atoms with van der Waals surface area (Å²) < 4.78 is 0. The number of fused-ring (bicyclic) bond motifs is 1. The number of thiophene rings is 1. The number of carbonyl (C=O) groups is 2. The van der Waals surface area contributed by atoms with Crippen molar-refractivity contribution >= 4 is 23.2 Å². The van der Waals surface area contributed by atoms with E-state index < -0.39 is 12.1 Å². The van der Waals surface area contributed by atoms with Gasteiger partial charge in [0.2, 0.25) is 11.8 Å². The lowest BCUT2D eigenvalue weighted by atomic mass is 10.0. The van der Waals surface area contributed by atoms with E-state index in [0.717, 1.165) is 19.6 Å². The molecule has 1 aromatic rings. The fourth-order valence-electron chi connectivity index (χ4n) is 4.56. The minimum atomic E-state index is -0.732. The summed E-state index contributed by atoms with van der Waals surface area (Å²) in [6.07, 6.45) is 3.97. The Kier molecular flexibility index (Phi) is 6.01. The molecule has 0 unspecified atom stereocenters. The molecule has 1 aromatic heterocycles. The molecule has 28 heavy (non-hydrogen) atoms. The SMILES string of the molecule is CN1C(=O)[C@H]2CN(Cc3ccc(CN4CCCCC4)s3)CCN2C(=O)[C@@H]1CO. The second kappa shape index (κ2) is 8.49. The third-order valence-corrected chi connectivity index (χ3v) is 7.29. The molecular weight excluding hydrogens is 376 g/mol. The number of piperazine rings is 2. The van der Waals surface area contributed by atoms with Gasteiger partial charge >= 0.3 is 0 Å². The number of likely N-dealkylation sites (N-methyl/N-ethyl adjacent to an activating group) is 1. The van der Waals surface area contributed by atoms with Crippen LogP contribution in [0.4, 0.5) is 0 Å². The van der Waals surface area contributed by atoms with Gasteiger partial charge in [0.1, 0.15) is 12.1 Å². The molecule has 0 bridgehead atoms. The molecule has 0 radical (unpaired) electrons. The molecular formula is C20H30N4O3S. The van der Waals surface area contributed by atoms with Crippen LogP contribution in [0.2, 0.25) is 0 Å². The zero-order chi connectivity index (χ0) is 19.7. The van der Waals surface area contributed by atoms with Gasteiger partial charge in [0.05, 0.1) is 6.61 Å². The van der Waals surface area contributed by atoms with Crippen molar-refractivity contribution in [3.63, 3.8) is 0 Å². The molecule has 4 rings (SSSR count). The molecule has 0 aromatic carbocycles. The lowest BCUT2D eigenvalue weighted by molar-refractivity contribution is -0.165. The number of piperidine rings is 1. The van der Waals surface area contributed by atoms with Gasteiger partial charge in [0, 0.05) is 49.5 Å². The number of likely N-dealkylation sites (tertiary alicyclic amines) is 1. The van der Waals surface area contributed by atoms with E-state index in [1.807, 2.05) is 11.3 Å².